The molecule has 0 spiro atoms. The van der Waals surface area contributed by atoms with Gasteiger partial charge in [-0.15, -0.1) is 0 Å². The first-order valence-corrected chi connectivity index (χ1v) is 11.8. The number of anilines is 3. The van der Waals surface area contributed by atoms with Gasteiger partial charge in [0.05, 0.1) is 28.0 Å². The molecule has 0 radical (unpaired) electrons. The molecule has 3 amide bonds. The molecule has 184 valence electrons. The summed E-state index contributed by atoms with van der Waals surface area (Å²) in [6.45, 7) is 7.67. The highest BCUT2D eigenvalue weighted by molar-refractivity contribution is 6.17. The molecule has 0 saturated carbocycles. The molecule has 0 atom stereocenters. The van der Waals surface area contributed by atoms with Crippen LogP contribution in [0.3, 0.4) is 0 Å². The van der Waals surface area contributed by atoms with Gasteiger partial charge in [0.25, 0.3) is 5.91 Å². The fourth-order valence-electron chi connectivity index (χ4n) is 4.94. The fraction of sp³-hybridized carbons (Fsp3) is 0.417. The molecule has 5 rings (SSSR count). The Kier molecular flexibility index (Phi) is 5.79. The number of hydrogen-bond donors (Lipinski definition) is 2. The average molecular weight is 481 g/mol. The summed E-state index contributed by atoms with van der Waals surface area (Å²) in [4.78, 5) is 34.8. The molecule has 10 nitrogen and oxygen atoms in total. The van der Waals surface area contributed by atoms with Crippen molar-refractivity contribution in [2.24, 2.45) is 7.05 Å². The van der Waals surface area contributed by atoms with Crippen molar-refractivity contribution in [2.45, 2.75) is 20.4 Å². The second-order valence-corrected chi connectivity index (χ2v) is 8.88. The minimum atomic E-state index is -0.400. The summed E-state index contributed by atoms with van der Waals surface area (Å²) >= 11 is 0. The summed E-state index contributed by atoms with van der Waals surface area (Å²) in [7, 11) is 3.40. The van der Waals surface area contributed by atoms with Crippen LogP contribution in [0.5, 0.6) is 0 Å². The van der Waals surface area contributed by atoms with E-state index in [1.807, 2.05) is 33.0 Å². The number of aromatic nitrogens is 3. The van der Waals surface area contributed by atoms with E-state index in [0.29, 0.717) is 35.6 Å². The van der Waals surface area contributed by atoms with Crippen LogP contribution in [0.2, 0.25) is 0 Å². The molecule has 3 aromatic rings. The zero-order valence-corrected chi connectivity index (χ0v) is 20.4. The number of rotatable bonds is 5. The van der Waals surface area contributed by atoms with Gasteiger partial charge in [-0.1, -0.05) is 0 Å². The number of halogens is 1. The number of nitrogens with one attached hydrogen (secondary N) is 2. The highest BCUT2D eigenvalue weighted by atomic mass is 19.1. The number of hydrogen-bond acceptors (Lipinski definition) is 6. The van der Waals surface area contributed by atoms with Crippen molar-refractivity contribution in [3.05, 3.63) is 41.0 Å². The van der Waals surface area contributed by atoms with E-state index in [1.165, 1.54) is 4.90 Å². The van der Waals surface area contributed by atoms with Crippen molar-refractivity contribution in [3.8, 4) is 0 Å². The van der Waals surface area contributed by atoms with Crippen molar-refractivity contribution in [1.29, 1.82) is 0 Å². The molecule has 2 aliphatic rings. The quantitative estimate of drug-likeness (QED) is 0.582. The van der Waals surface area contributed by atoms with Crippen molar-refractivity contribution < 1.29 is 14.0 Å². The van der Waals surface area contributed by atoms with E-state index in [-0.39, 0.29) is 17.6 Å². The van der Waals surface area contributed by atoms with Crippen LogP contribution in [0, 0.1) is 12.7 Å². The van der Waals surface area contributed by atoms with Gasteiger partial charge in [-0.05, 0) is 32.0 Å². The third-order valence-corrected chi connectivity index (χ3v) is 6.81. The Balaban J connectivity index is 1.34. The number of benzene rings is 1. The molecule has 2 aliphatic heterocycles. The summed E-state index contributed by atoms with van der Waals surface area (Å²) in [5.41, 5.74) is 3.75. The largest absolute Gasteiger partial charge is 0.368 e. The molecule has 35 heavy (non-hydrogen) atoms. The zero-order valence-electron chi connectivity index (χ0n) is 20.4. The van der Waals surface area contributed by atoms with Gasteiger partial charge in [0.1, 0.15) is 5.69 Å². The van der Waals surface area contributed by atoms with Gasteiger partial charge in [0, 0.05) is 58.9 Å². The Labute approximate surface area is 202 Å². The van der Waals surface area contributed by atoms with E-state index in [9.17, 15) is 9.59 Å². The number of urea groups is 1. The van der Waals surface area contributed by atoms with E-state index in [4.69, 9.17) is 0 Å². The van der Waals surface area contributed by atoms with Crippen LogP contribution in [0.25, 0.3) is 10.9 Å². The summed E-state index contributed by atoms with van der Waals surface area (Å²) in [5.74, 6) is -0.112. The first kappa shape index (κ1) is 23.0. The van der Waals surface area contributed by atoms with Gasteiger partial charge in [0.15, 0.2) is 11.6 Å². The lowest BCUT2D eigenvalue weighted by Crippen LogP contribution is -2.46. The minimum absolute atomic E-state index is 0.207. The minimum Gasteiger partial charge on any atom is -0.368 e. The summed E-state index contributed by atoms with van der Waals surface area (Å²) < 4.78 is 17.3. The van der Waals surface area contributed by atoms with Crippen LogP contribution >= 0.6 is 0 Å². The van der Waals surface area contributed by atoms with E-state index >= 15 is 4.39 Å². The topological polar surface area (TPSA) is 98.6 Å². The van der Waals surface area contributed by atoms with Crippen molar-refractivity contribution in [3.63, 3.8) is 0 Å². The molecule has 1 fully saturated rings. The number of nitrogens with zero attached hydrogens (tertiary/aromatic N) is 6. The normalized spacial score (nSPS) is 16.1. The lowest BCUT2D eigenvalue weighted by molar-refractivity contribution is 0.0958. The smallest absolute Gasteiger partial charge is 0.327 e. The van der Waals surface area contributed by atoms with Gasteiger partial charge < -0.3 is 15.5 Å². The van der Waals surface area contributed by atoms with Gasteiger partial charge >= 0.3 is 6.03 Å². The number of carbonyl (C=O) groups excluding carboxylic acids is 2. The van der Waals surface area contributed by atoms with E-state index < -0.39 is 5.82 Å². The standard InChI is InChI=1S/C24H29FN8O2/c1-5-33-22-19-18(30(4)29-22)12-15(20(25)21(19)28-24(33)35)13-31-8-10-32(11-9-31)17-7-6-16(23(34)26-3)27-14(17)2/h6-7,12H,5,8-11,13H2,1-4H3,(H,26,34)(H,28,35). The third kappa shape index (κ3) is 3.85. The summed E-state index contributed by atoms with van der Waals surface area (Å²) in [6.07, 6.45) is 0. The average Bonchev–Trinajstić information content (AvgIpc) is 3.18. The van der Waals surface area contributed by atoms with Crippen molar-refractivity contribution in [1.82, 2.24) is 25.0 Å². The molecule has 0 bridgehead atoms. The van der Waals surface area contributed by atoms with Crippen LogP contribution < -0.4 is 20.4 Å². The van der Waals surface area contributed by atoms with Crippen LogP contribution in [-0.2, 0) is 13.6 Å². The molecule has 1 saturated heterocycles. The maximum atomic E-state index is 15.6. The van der Waals surface area contributed by atoms with Crippen molar-refractivity contribution in [2.75, 3.05) is 54.9 Å². The van der Waals surface area contributed by atoms with Gasteiger partial charge in [-0.25, -0.2) is 14.2 Å². The lowest BCUT2D eigenvalue weighted by atomic mass is 10.1. The van der Waals surface area contributed by atoms with Gasteiger partial charge in [-0.3, -0.25) is 19.3 Å². The van der Waals surface area contributed by atoms with Crippen LogP contribution in [0.4, 0.5) is 26.4 Å². The van der Waals surface area contributed by atoms with Crippen LogP contribution in [0.1, 0.15) is 28.7 Å². The first-order valence-electron chi connectivity index (χ1n) is 11.8. The molecule has 2 aromatic heterocycles. The second kappa shape index (κ2) is 8.81. The first-order chi connectivity index (χ1) is 16.8. The van der Waals surface area contributed by atoms with Crippen molar-refractivity contribution >= 4 is 40.0 Å². The Hall–Kier alpha value is -3.73. The van der Waals surface area contributed by atoms with E-state index in [1.54, 1.807) is 17.8 Å². The fourth-order valence-corrected chi connectivity index (χ4v) is 4.94. The SMILES string of the molecule is CCN1C(=O)Nc2c(F)c(CN3CCN(c4ccc(C(=O)NC)nc4C)CC3)cc3c2c1nn3C. The highest BCUT2D eigenvalue weighted by Crippen LogP contribution is 2.39. The van der Waals surface area contributed by atoms with E-state index in [2.05, 4.69) is 30.5 Å². The molecular weight excluding hydrogens is 451 g/mol. The molecule has 0 unspecified atom stereocenters. The Morgan fingerprint density at radius 2 is 1.97 bits per heavy atom. The molecule has 2 N–H and O–H groups in total. The zero-order chi connectivity index (χ0) is 24.9. The van der Waals surface area contributed by atoms with Gasteiger partial charge in [0.2, 0.25) is 0 Å². The predicted octanol–water partition coefficient (Wildman–Crippen LogP) is 2.47. The van der Waals surface area contributed by atoms with E-state index in [0.717, 1.165) is 43.1 Å². The summed E-state index contributed by atoms with van der Waals surface area (Å²) in [6, 6.07) is 5.15. The Morgan fingerprint density at radius 1 is 1.23 bits per heavy atom. The molecule has 11 heteroatoms. The Morgan fingerprint density at radius 3 is 2.63 bits per heavy atom. The number of carbonyl (C=O) groups is 2. The number of piperazine rings is 1. The van der Waals surface area contributed by atoms with Gasteiger partial charge in [-0.2, -0.15) is 5.10 Å². The Bertz CT molecular complexity index is 1330. The predicted molar refractivity (Wildman–Crippen MR) is 133 cm³/mol. The number of aryl methyl sites for hydroxylation is 2. The third-order valence-electron chi connectivity index (χ3n) is 6.81. The highest BCUT2D eigenvalue weighted by Gasteiger charge is 2.32. The summed E-state index contributed by atoms with van der Waals surface area (Å²) in [5, 5.41) is 10.5. The molecule has 1 aromatic carbocycles. The van der Waals surface area contributed by atoms with Crippen LogP contribution in [-0.4, -0.2) is 71.4 Å². The monoisotopic (exact) mass is 480 g/mol. The maximum absolute atomic E-state index is 15.6. The molecule has 4 heterocycles. The van der Waals surface area contributed by atoms with Crippen LogP contribution in [0.15, 0.2) is 18.2 Å². The second-order valence-electron chi connectivity index (χ2n) is 8.88. The molecular formula is C24H29FN8O2. The number of pyridine rings is 1. The lowest BCUT2D eigenvalue weighted by Gasteiger charge is -2.36. The maximum Gasteiger partial charge on any atom is 0.327 e. The molecule has 0 aliphatic carbocycles. The number of amides is 3.